The molecular formula is C11H25N3O. The summed E-state index contributed by atoms with van der Waals surface area (Å²) in [4.78, 5) is 11.8. The number of carbonyl (C=O) groups is 1. The molecule has 4 heteroatoms. The zero-order valence-corrected chi connectivity index (χ0v) is 10.5. The predicted molar refractivity (Wildman–Crippen MR) is 62.7 cm³/mol. The van der Waals surface area contributed by atoms with Crippen molar-refractivity contribution in [3.05, 3.63) is 0 Å². The van der Waals surface area contributed by atoms with Crippen LogP contribution in [0.2, 0.25) is 0 Å². The molecule has 0 aromatic heterocycles. The number of hydrogen-bond donors (Lipinski definition) is 3. The van der Waals surface area contributed by atoms with Crippen LogP contribution in [-0.4, -0.2) is 12.2 Å². The van der Waals surface area contributed by atoms with Crippen LogP contribution in [0, 0.1) is 17.3 Å². The normalized spacial score (nSPS) is 14.5. The van der Waals surface area contributed by atoms with Crippen molar-refractivity contribution in [2.24, 2.45) is 28.7 Å². The van der Waals surface area contributed by atoms with Gasteiger partial charge in [-0.25, -0.2) is 0 Å². The summed E-state index contributed by atoms with van der Waals surface area (Å²) >= 11 is 0. The first kappa shape index (κ1) is 14.4. The molecule has 0 aliphatic carbocycles. The zero-order valence-electron chi connectivity index (χ0n) is 10.5. The van der Waals surface area contributed by atoms with Crippen molar-refractivity contribution >= 4 is 5.91 Å². The van der Waals surface area contributed by atoms with Crippen molar-refractivity contribution in [3.8, 4) is 0 Å². The van der Waals surface area contributed by atoms with Gasteiger partial charge in [0.1, 0.15) is 6.29 Å². The minimum absolute atomic E-state index is 0.0281. The summed E-state index contributed by atoms with van der Waals surface area (Å²) in [6.07, 6.45) is 0.0715. The van der Waals surface area contributed by atoms with Gasteiger partial charge in [0.15, 0.2) is 0 Å². The van der Waals surface area contributed by atoms with Gasteiger partial charge < -0.3 is 5.32 Å². The highest BCUT2D eigenvalue weighted by Gasteiger charge is 2.27. The SMILES string of the molecule is CC(C)C(CC(C)(C)C)C(=O)NC(N)N. The molecule has 0 saturated heterocycles. The molecule has 1 atom stereocenters. The molecule has 0 aliphatic rings. The highest BCUT2D eigenvalue weighted by Crippen LogP contribution is 2.28. The van der Waals surface area contributed by atoms with E-state index in [4.69, 9.17) is 11.5 Å². The van der Waals surface area contributed by atoms with Crippen molar-refractivity contribution in [1.82, 2.24) is 5.32 Å². The first-order chi connectivity index (χ1) is 6.63. The van der Waals surface area contributed by atoms with Gasteiger partial charge in [-0.05, 0) is 17.8 Å². The lowest BCUT2D eigenvalue weighted by molar-refractivity contribution is -0.128. The second-order valence-electron chi connectivity index (χ2n) is 5.65. The highest BCUT2D eigenvalue weighted by atomic mass is 16.2. The molecule has 0 rings (SSSR count). The fourth-order valence-electron chi connectivity index (χ4n) is 1.56. The van der Waals surface area contributed by atoms with Crippen LogP contribution >= 0.6 is 0 Å². The van der Waals surface area contributed by atoms with E-state index >= 15 is 0 Å². The average Bonchev–Trinajstić information content (AvgIpc) is 1.96. The van der Waals surface area contributed by atoms with Gasteiger partial charge in [-0.1, -0.05) is 34.6 Å². The Morgan fingerprint density at radius 2 is 1.73 bits per heavy atom. The van der Waals surface area contributed by atoms with Crippen LogP contribution in [-0.2, 0) is 4.79 Å². The van der Waals surface area contributed by atoms with E-state index in [1.165, 1.54) is 0 Å². The number of amides is 1. The van der Waals surface area contributed by atoms with E-state index in [1.807, 2.05) is 13.8 Å². The average molecular weight is 215 g/mol. The fraction of sp³-hybridized carbons (Fsp3) is 0.909. The van der Waals surface area contributed by atoms with Gasteiger partial charge in [-0.3, -0.25) is 16.3 Å². The lowest BCUT2D eigenvalue weighted by atomic mass is 9.79. The molecule has 0 aromatic carbocycles. The Balaban J connectivity index is 4.46. The minimum atomic E-state index is -0.765. The molecule has 0 aliphatic heterocycles. The first-order valence-corrected chi connectivity index (χ1v) is 5.45. The summed E-state index contributed by atoms with van der Waals surface area (Å²) in [7, 11) is 0. The van der Waals surface area contributed by atoms with E-state index < -0.39 is 6.29 Å². The maximum atomic E-state index is 11.8. The van der Waals surface area contributed by atoms with Crippen molar-refractivity contribution in [3.63, 3.8) is 0 Å². The van der Waals surface area contributed by atoms with Gasteiger partial charge in [0, 0.05) is 5.92 Å². The summed E-state index contributed by atoms with van der Waals surface area (Å²) in [6.45, 7) is 10.4. The molecule has 15 heavy (non-hydrogen) atoms. The third kappa shape index (κ3) is 6.47. The van der Waals surface area contributed by atoms with Crippen LogP contribution in [0.3, 0.4) is 0 Å². The third-order valence-corrected chi connectivity index (χ3v) is 2.28. The van der Waals surface area contributed by atoms with E-state index in [9.17, 15) is 4.79 Å². The van der Waals surface area contributed by atoms with Gasteiger partial charge in [0.2, 0.25) is 5.91 Å². The summed E-state index contributed by atoms with van der Waals surface area (Å²) in [5, 5.41) is 2.56. The lowest BCUT2D eigenvalue weighted by Gasteiger charge is -2.28. The van der Waals surface area contributed by atoms with Gasteiger partial charge in [0.05, 0.1) is 0 Å². The molecule has 0 heterocycles. The van der Waals surface area contributed by atoms with Gasteiger partial charge >= 0.3 is 0 Å². The predicted octanol–water partition coefficient (Wildman–Crippen LogP) is 1.01. The number of carbonyl (C=O) groups excluding carboxylic acids is 1. The van der Waals surface area contributed by atoms with Crippen LogP contribution in [0.15, 0.2) is 0 Å². The Bertz CT molecular complexity index is 206. The Labute approximate surface area is 92.8 Å². The summed E-state index contributed by atoms with van der Waals surface area (Å²) < 4.78 is 0. The molecule has 0 saturated carbocycles. The maximum Gasteiger partial charge on any atom is 0.225 e. The fourth-order valence-corrected chi connectivity index (χ4v) is 1.56. The quantitative estimate of drug-likeness (QED) is 0.612. The number of nitrogens with two attached hydrogens (primary N) is 2. The third-order valence-electron chi connectivity index (χ3n) is 2.28. The molecule has 4 nitrogen and oxygen atoms in total. The van der Waals surface area contributed by atoms with Crippen LogP contribution in [0.25, 0.3) is 0 Å². The minimum Gasteiger partial charge on any atom is -0.328 e. The first-order valence-electron chi connectivity index (χ1n) is 5.45. The van der Waals surface area contributed by atoms with E-state index in [2.05, 4.69) is 26.1 Å². The molecule has 0 aromatic rings. The molecule has 1 amide bonds. The van der Waals surface area contributed by atoms with Crippen LogP contribution < -0.4 is 16.8 Å². The second kappa shape index (κ2) is 5.47. The Hall–Kier alpha value is -0.610. The van der Waals surface area contributed by atoms with E-state index in [1.54, 1.807) is 0 Å². The smallest absolute Gasteiger partial charge is 0.225 e. The van der Waals surface area contributed by atoms with Crippen molar-refractivity contribution in [2.45, 2.75) is 47.3 Å². The maximum absolute atomic E-state index is 11.8. The van der Waals surface area contributed by atoms with Crippen molar-refractivity contribution in [1.29, 1.82) is 0 Å². The molecule has 90 valence electrons. The number of hydrogen-bond acceptors (Lipinski definition) is 3. The Kier molecular flexibility index (Phi) is 5.24. The number of nitrogens with one attached hydrogen (secondary N) is 1. The zero-order chi connectivity index (χ0) is 12.2. The van der Waals surface area contributed by atoms with Crippen molar-refractivity contribution in [2.75, 3.05) is 0 Å². The lowest BCUT2D eigenvalue weighted by Crippen LogP contribution is -2.51. The molecule has 1 unspecified atom stereocenters. The Morgan fingerprint density at radius 3 is 2.00 bits per heavy atom. The molecule has 0 radical (unpaired) electrons. The van der Waals surface area contributed by atoms with Gasteiger partial charge in [0.25, 0.3) is 0 Å². The van der Waals surface area contributed by atoms with Gasteiger partial charge in [-0.15, -0.1) is 0 Å². The Morgan fingerprint density at radius 1 is 1.27 bits per heavy atom. The van der Waals surface area contributed by atoms with Crippen molar-refractivity contribution < 1.29 is 4.79 Å². The summed E-state index contributed by atoms with van der Waals surface area (Å²) in [6, 6.07) is 0. The molecule has 0 bridgehead atoms. The van der Waals surface area contributed by atoms with E-state index in [-0.39, 0.29) is 17.2 Å². The topological polar surface area (TPSA) is 81.1 Å². The van der Waals surface area contributed by atoms with Crippen LogP contribution in [0.4, 0.5) is 0 Å². The van der Waals surface area contributed by atoms with Crippen LogP contribution in [0.5, 0.6) is 0 Å². The molecule has 5 N–H and O–H groups in total. The van der Waals surface area contributed by atoms with Gasteiger partial charge in [-0.2, -0.15) is 0 Å². The monoisotopic (exact) mass is 215 g/mol. The summed E-state index contributed by atoms with van der Waals surface area (Å²) in [5.41, 5.74) is 10.8. The second-order valence-corrected chi connectivity index (χ2v) is 5.65. The van der Waals surface area contributed by atoms with Crippen LogP contribution in [0.1, 0.15) is 41.0 Å². The molecule has 0 spiro atoms. The standard InChI is InChI=1S/C11H25N3O/c1-7(2)8(6-11(3,4)5)9(15)14-10(12)13/h7-8,10H,6,12-13H2,1-5H3,(H,14,15). The number of rotatable bonds is 4. The largest absolute Gasteiger partial charge is 0.328 e. The molecular weight excluding hydrogens is 190 g/mol. The van der Waals surface area contributed by atoms with E-state index in [0.717, 1.165) is 6.42 Å². The summed E-state index contributed by atoms with van der Waals surface area (Å²) in [5.74, 6) is 0.220. The molecule has 0 fully saturated rings. The van der Waals surface area contributed by atoms with E-state index in [0.29, 0.717) is 5.92 Å². The highest BCUT2D eigenvalue weighted by molar-refractivity contribution is 5.79.